The van der Waals surface area contributed by atoms with E-state index < -0.39 is 0 Å². The van der Waals surface area contributed by atoms with Gasteiger partial charge in [0.25, 0.3) is 0 Å². The smallest absolute Gasteiger partial charge is 0.0361 e. The Balaban J connectivity index is 1.11. The lowest BCUT2D eigenvalue weighted by atomic mass is 9.81. The zero-order valence-electron chi connectivity index (χ0n) is 29.3. The van der Waals surface area contributed by atoms with Gasteiger partial charge in [-0.3, -0.25) is 0 Å². The molecule has 2 aromatic heterocycles. The number of fused-ring (bicyclic) bond motifs is 13. The second-order valence-electron chi connectivity index (χ2n) is 15.2. The van der Waals surface area contributed by atoms with Gasteiger partial charge >= 0.3 is 0 Å². The third-order valence-corrected chi connectivity index (χ3v) is 14.3. The Labute approximate surface area is 315 Å². The minimum absolute atomic E-state index is 0.0949. The van der Waals surface area contributed by atoms with Crippen LogP contribution >= 0.6 is 22.7 Å². The maximum atomic E-state index is 2.51. The van der Waals surface area contributed by atoms with Crippen molar-refractivity contribution < 1.29 is 0 Å². The first kappa shape index (κ1) is 29.7. The van der Waals surface area contributed by atoms with Crippen LogP contribution in [0.4, 0.5) is 0 Å². The molecule has 2 heterocycles. The van der Waals surface area contributed by atoms with Crippen LogP contribution in [0.5, 0.6) is 0 Å². The van der Waals surface area contributed by atoms with Crippen molar-refractivity contribution in [3.05, 3.63) is 169 Å². The highest BCUT2D eigenvalue weighted by molar-refractivity contribution is 7.26. The van der Waals surface area contributed by atoms with E-state index in [1.807, 2.05) is 22.7 Å². The summed E-state index contributed by atoms with van der Waals surface area (Å²) in [4.78, 5) is 0. The van der Waals surface area contributed by atoms with E-state index >= 15 is 0 Å². The van der Waals surface area contributed by atoms with E-state index in [9.17, 15) is 0 Å². The summed E-state index contributed by atoms with van der Waals surface area (Å²) >= 11 is 3.79. The monoisotopic (exact) mass is 708 g/mol. The van der Waals surface area contributed by atoms with Crippen LogP contribution < -0.4 is 0 Å². The summed E-state index contributed by atoms with van der Waals surface area (Å²) in [6.07, 6.45) is 0. The average molecular weight is 709 g/mol. The molecule has 0 radical (unpaired) electrons. The average Bonchev–Trinajstić information content (AvgIpc) is 3.83. The molecular weight excluding hydrogens is 677 g/mol. The Morgan fingerprint density at radius 2 is 0.887 bits per heavy atom. The van der Waals surface area contributed by atoms with Crippen LogP contribution in [0.15, 0.2) is 158 Å². The lowest BCUT2D eigenvalue weighted by Crippen LogP contribution is -2.14. The lowest BCUT2D eigenvalue weighted by Gasteiger charge is -2.22. The summed E-state index contributed by atoms with van der Waals surface area (Å²) in [5, 5.41) is 13.3. The summed E-state index contributed by atoms with van der Waals surface area (Å²) in [6, 6.07) is 59.8. The lowest BCUT2D eigenvalue weighted by molar-refractivity contribution is 0.661. The van der Waals surface area contributed by atoms with Gasteiger partial charge < -0.3 is 0 Å². The second kappa shape index (κ2) is 10.6. The van der Waals surface area contributed by atoms with Gasteiger partial charge in [-0.15, -0.1) is 22.7 Å². The Morgan fingerprint density at radius 3 is 1.58 bits per heavy atom. The number of thiophene rings is 2. The molecule has 0 amide bonds. The molecule has 0 fully saturated rings. The third-order valence-electron chi connectivity index (χ3n) is 12.0. The number of rotatable bonds is 2. The Bertz CT molecular complexity index is 3310. The second-order valence-corrected chi connectivity index (χ2v) is 17.4. The standard InChI is InChI=1S/C51H32S2/c1-51(2)42-23-20-30(25-40(42)41-28-39-29(26-43(41)51)21-24-46-50(39)38-16-8-10-18-45(38)52-46)48-34-12-3-5-14-36(34)49(37-15-6-4-13-35(37)48)31-19-22-33-32-11-7-9-17-44(32)53-47(33)27-31/h3-28H,1-2H3. The summed E-state index contributed by atoms with van der Waals surface area (Å²) < 4.78 is 5.38. The van der Waals surface area contributed by atoms with Crippen molar-refractivity contribution in [2.45, 2.75) is 19.3 Å². The molecule has 0 unspecified atom stereocenters. The van der Waals surface area contributed by atoms with E-state index in [0.29, 0.717) is 0 Å². The quantitative estimate of drug-likeness (QED) is 0.157. The van der Waals surface area contributed by atoms with Crippen molar-refractivity contribution in [3.63, 3.8) is 0 Å². The van der Waals surface area contributed by atoms with Gasteiger partial charge in [0.1, 0.15) is 0 Å². The summed E-state index contributed by atoms with van der Waals surface area (Å²) in [7, 11) is 0. The Hall–Kier alpha value is -5.80. The van der Waals surface area contributed by atoms with Gasteiger partial charge in [0.2, 0.25) is 0 Å². The van der Waals surface area contributed by atoms with Crippen molar-refractivity contribution in [1.29, 1.82) is 0 Å². The Morgan fingerprint density at radius 1 is 0.358 bits per heavy atom. The first-order valence-electron chi connectivity index (χ1n) is 18.4. The molecule has 11 aromatic rings. The van der Waals surface area contributed by atoms with Crippen molar-refractivity contribution >= 4 is 95.3 Å². The summed E-state index contributed by atoms with van der Waals surface area (Å²) in [5.41, 5.74) is 10.6. The fourth-order valence-electron chi connectivity index (χ4n) is 9.58. The van der Waals surface area contributed by atoms with E-state index in [1.165, 1.54) is 117 Å². The molecule has 9 aromatic carbocycles. The van der Waals surface area contributed by atoms with Crippen LogP contribution in [0.25, 0.3) is 106 Å². The van der Waals surface area contributed by atoms with E-state index in [-0.39, 0.29) is 5.41 Å². The zero-order valence-corrected chi connectivity index (χ0v) is 31.0. The van der Waals surface area contributed by atoms with Crippen molar-refractivity contribution in [3.8, 4) is 33.4 Å². The molecule has 53 heavy (non-hydrogen) atoms. The fraction of sp³-hybridized carbons (Fsp3) is 0.0588. The maximum Gasteiger partial charge on any atom is 0.0361 e. The third kappa shape index (κ3) is 4.05. The fourth-order valence-corrected chi connectivity index (χ4v) is 11.8. The topological polar surface area (TPSA) is 0 Å². The molecule has 2 heteroatoms. The normalized spacial score (nSPS) is 13.6. The van der Waals surface area contributed by atoms with Crippen molar-refractivity contribution in [2.75, 3.05) is 0 Å². The van der Waals surface area contributed by atoms with Gasteiger partial charge in [0.15, 0.2) is 0 Å². The van der Waals surface area contributed by atoms with Gasteiger partial charge in [0, 0.05) is 45.8 Å². The molecule has 0 aliphatic heterocycles. The molecule has 0 saturated carbocycles. The van der Waals surface area contributed by atoms with Crippen LogP contribution in [-0.4, -0.2) is 0 Å². The van der Waals surface area contributed by atoms with Crippen LogP contribution in [0.1, 0.15) is 25.0 Å². The molecule has 0 N–H and O–H groups in total. The van der Waals surface area contributed by atoms with Crippen molar-refractivity contribution in [1.82, 2.24) is 0 Å². The molecular formula is C51H32S2. The number of hydrogen-bond acceptors (Lipinski definition) is 2. The number of hydrogen-bond donors (Lipinski definition) is 0. The molecule has 0 atom stereocenters. The highest BCUT2D eigenvalue weighted by atomic mass is 32.1. The predicted molar refractivity (Wildman–Crippen MR) is 233 cm³/mol. The highest BCUT2D eigenvalue weighted by Gasteiger charge is 2.36. The zero-order chi connectivity index (χ0) is 35.0. The molecule has 0 spiro atoms. The molecule has 0 bridgehead atoms. The van der Waals surface area contributed by atoms with Gasteiger partial charge in [-0.25, -0.2) is 0 Å². The van der Waals surface area contributed by atoms with Gasteiger partial charge in [-0.1, -0.05) is 129 Å². The SMILES string of the molecule is CC1(C)c2ccc(-c3c4ccccc4c(-c4ccc5c(c4)sc4ccccc45)c4ccccc34)cc2-c2cc3c(ccc4sc5ccccc5c43)cc21. The molecule has 1 aliphatic rings. The molecule has 12 rings (SSSR count). The van der Waals surface area contributed by atoms with Gasteiger partial charge in [0.05, 0.1) is 0 Å². The van der Waals surface area contributed by atoms with Crippen molar-refractivity contribution in [2.24, 2.45) is 0 Å². The minimum Gasteiger partial charge on any atom is -0.135 e. The first-order chi connectivity index (χ1) is 26.0. The van der Waals surface area contributed by atoms with Gasteiger partial charge in [-0.2, -0.15) is 0 Å². The summed E-state index contributed by atoms with van der Waals surface area (Å²) in [5.74, 6) is 0. The van der Waals surface area contributed by atoms with E-state index in [0.717, 1.165) is 0 Å². The van der Waals surface area contributed by atoms with E-state index in [4.69, 9.17) is 0 Å². The molecule has 0 saturated heterocycles. The predicted octanol–water partition coefficient (Wildman–Crippen LogP) is 15.5. The minimum atomic E-state index is -0.0949. The summed E-state index contributed by atoms with van der Waals surface area (Å²) in [6.45, 7) is 4.80. The molecule has 248 valence electrons. The van der Waals surface area contributed by atoms with Crippen LogP contribution in [0.3, 0.4) is 0 Å². The molecule has 1 aliphatic carbocycles. The van der Waals surface area contributed by atoms with Crippen LogP contribution in [0, 0.1) is 0 Å². The largest absolute Gasteiger partial charge is 0.135 e. The maximum absolute atomic E-state index is 2.51. The number of benzene rings is 9. The van der Waals surface area contributed by atoms with Crippen LogP contribution in [0.2, 0.25) is 0 Å². The van der Waals surface area contributed by atoms with Gasteiger partial charge in [-0.05, 0) is 119 Å². The van der Waals surface area contributed by atoms with E-state index in [1.54, 1.807) is 0 Å². The first-order valence-corrected chi connectivity index (χ1v) is 20.1. The van der Waals surface area contributed by atoms with E-state index in [2.05, 4.69) is 172 Å². The van der Waals surface area contributed by atoms with Crippen LogP contribution in [-0.2, 0) is 5.41 Å². The molecule has 0 nitrogen and oxygen atoms in total. The highest BCUT2D eigenvalue weighted by Crippen LogP contribution is 2.53. The Kier molecular flexibility index (Phi) is 5.97.